The Balaban J connectivity index is 4.50. The minimum Gasteiger partial charge on any atom is -0.465 e. The largest absolute Gasteiger partial charge is 0.465 e. The fourth-order valence-corrected chi connectivity index (χ4v) is 0.843. The van der Waals surface area contributed by atoms with Crippen molar-refractivity contribution in [3.8, 4) is 0 Å². The molecule has 6 heteroatoms. The maximum Gasteiger partial charge on any atom is 0.405 e. The van der Waals surface area contributed by atoms with Crippen molar-refractivity contribution in [1.82, 2.24) is 5.32 Å². The van der Waals surface area contributed by atoms with Crippen LogP contribution in [0, 0.1) is 11.4 Å². The number of carbonyl (C=O) groups is 2. The molecule has 1 amide bonds. The molecule has 0 heterocycles. The number of rotatable bonds is 4. The molecule has 13 heavy (non-hydrogen) atoms. The Morgan fingerprint density at radius 1 is 1.54 bits per heavy atom. The highest BCUT2D eigenvalue weighted by Gasteiger charge is 2.25. The molecule has 0 aliphatic heterocycles. The van der Waals surface area contributed by atoms with Gasteiger partial charge in [-0.15, -0.1) is 0 Å². The van der Waals surface area contributed by atoms with Crippen LogP contribution in [0.25, 0.3) is 0 Å². The molecule has 0 aromatic carbocycles. The highest BCUT2D eigenvalue weighted by Crippen LogP contribution is 2.01. The summed E-state index contributed by atoms with van der Waals surface area (Å²) in [5.74, 6) is -0.672. The van der Waals surface area contributed by atoms with Gasteiger partial charge in [0.15, 0.2) is 0 Å². The monoisotopic (exact) mass is 186 g/mol. The van der Waals surface area contributed by atoms with Crippen LogP contribution in [0.1, 0.15) is 13.8 Å². The van der Waals surface area contributed by atoms with Crippen LogP contribution in [0.2, 0.25) is 0 Å². The zero-order chi connectivity index (χ0) is 10.4. The number of nitrogens with zero attached hydrogens (tertiary/aromatic N) is 1. The van der Waals surface area contributed by atoms with Gasteiger partial charge in [0, 0.05) is 0 Å². The lowest BCUT2D eigenvalue weighted by Crippen LogP contribution is -2.44. The fourth-order valence-electron chi connectivity index (χ4n) is 0.843. The quantitative estimate of drug-likeness (QED) is 0.331. The van der Waals surface area contributed by atoms with Crippen LogP contribution in [0.5, 0.6) is 0 Å². The smallest absolute Gasteiger partial charge is 0.405 e. The molecule has 0 saturated heterocycles. The first kappa shape index (κ1) is 11.3. The van der Waals surface area contributed by atoms with Crippen LogP contribution < -0.4 is 5.32 Å². The fraction of sp³-hybridized carbons (Fsp3) is 0.571. The predicted octanol–water partition coefficient (Wildman–Crippen LogP) is 0.158. The lowest BCUT2D eigenvalue weighted by atomic mass is 10.0. The Bertz CT molecular complexity index is 256. The molecular weight excluding hydrogens is 174 g/mol. The second kappa shape index (κ2) is 5.05. The van der Waals surface area contributed by atoms with Gasteiger partial charge >= 0.3 is 12.3 Å². The molecule has 0 saturated carbocycles. The minimum atomic E-state index is -1.26. The minimum absolute atomic E-state index is 0.165. The van der Waals surface area contributed by atoms with Gasteiger partial charge in [-0.3, -0.25) is 4.79 Å². The van der Waals surface area contributed by atoms with Crippen molar-refractivity contribution in [2.24, 2.45) is 5.92 Å². The first-order valence-electron chi connectivity index (χ1n) is 3.72. The molecule has 0 rings (SSSR count). The number of carboxylic acid groups (broad SMARTS) is 1. The summed E-state index contributed by atoms with van der Waals surface area (Å²) in [7, 11) is 0. The van der Waals surface area contributed by atoms with E-state index in [1.165, 1.54) is 0 Å². The second-order valence-corrected chi connectivity index (χ2v) is 2.83. The number of Topliss-reactive ketones (excluding diaryl/α,β-unsaturated/α-hetero) is 1. The van der Waals surface area contributed by atoms with Gasteiger partial charge in [-0.1, -0.05) is 13.8 Å². The third-order valence-electron chi connectivity index (χ3n) is 1.44. The molecular formula is C7H12N3O3+. The van der Waals surface area contributed by atoms with E-state index in [0.29, 0.717) is 0 Å². The molecule has 0 fully saturated rings. The Hall–Kier alpha value is -1.68. The van der Waals surface area contributed by atoms with Crippen LogP contribution in [0.15, 0.2) is 0 Å². The molecule has 3 N–H and O–H groups in total. The third kappa shape index (κ3) is 4.03. The summed E-state index contributed by atoms with van der Waals surface area (Å²) in [5, 5.41) is 10.5. The van der Waals surface area contributed by atoms with Crippen molar-refractivity contribution in [2.75, 3.05) is 0 Å². The van der Waals surface area contributed by atoms with Crippen molar-refractivity contribution < 1.29 is 19.5 Å². The van der Waals surface area contributed by atoms with Gasteiger partial charge in [0.25, 0.3) is 5.78 Å². The molecule has 0 aliphatic carbocycles. The summed E-state index contributed by atoms with van der Waals surface area (Å²) in [6, 6.07) is -0.827. The van der Waals surface area contributed by atoms with E-state index in [-0.39, 0.29) is 5.92 Å². The van der Waals surface area contributed by atoms with Gasteiger partial charge < -0.3 is 10.4 Å². The lowest BCUT2D eigenvalue weighted by molar-refractivity contribution is -0.133. The van der Waals surface area contributed by atoms with Crippen molar-refractivity contribution in [3.63, 3.8) is 0 Å². The van der Waals surface area contributed by atoms with Gasteiger partial charge in [-0.2, -0.15) is 0 Å². The summed E-state index contributed by atoms with van der Waals surface area (Å²) in [6.45, 7) is 3.41. The highest BCUT2D eigenvalue weighted by molar-refractivity contribution is 6.28. The summed E-state index contributed by atoms with van der Waals surface area (Å²) in [6.07, 6.45) is -0.467. The zero-order valence-corrected chi connectivity index (χ0v) is 7.44. The second-order valence-electron chi connectivity index (χ2n) is 2.83. The number of amides is 1. The lowest BCUT2D eigenvalue weighted by Gasteiger charge is -2.14. The molecule has 0 unspecified atom stereocenters. The van der Waals surface area contributed by atoms with Gasteiger partial charge in [0.1, 0.15) is 6.04 Å². The van der Waals surface area contributed by atoms with E-state index in [2.05, 4.69) is 10.1 Å². The molecule has 0 aromatic heterocycles. The average molecular weight is 186 g/mol. The Morgan fingerprint density at radius 3 is 2.38 bits per heavy atom. The van der Waals surface area contributed by atoms with Crippen molar-refractivity contribution in [2.45, 2.75) is 19.9 Å². The van der Waals surface area contributed by atoms with Crippen LogP contribution >= 0.6 is 0 Å². The van der Waals surface area contributed by atoms with E-state index in [1.54, 1.807) is 13.8 Å². The maximum atomic E-state index is 11.1. The predicted molar refractivity (Wildman–Crippen MR) is 43.8 cm³/mol. The van der Waals surface area contributed by atoms with Crippen molar-refractivity contribution in [3.05, 3.63) is 0 Å². The van der Waals surface area contributed by atoms with Crippen LogP contribution in [-0.2, 0) is 4.79 Å². The van der Waals surface area contributed by atoms with E-state index in [9.17, 15) is 9.59 Å². The summed E-state index contributed by atoms with van der Waals surface area (Å²) in [4.78, 5) is 24.2. The molecule has 0 spiro atoms. The highest BCUT2D eigenvalue weighted by atomic mass is 16.4. The van der Waals surface area contributed by atoms with Crippen molar-refractivity contribution >= 4 is 18.1 Å². The molecule has 1 atom stereocenters. The maximum absolute atomic E-state index is 11.1. The number of nitrogens with one attached hydrogen (secondary N) is 2. The first-order valence-corrected chi connectivity index (χ1v) is 3.72. The van der Waals surface area contributed by atoms with Gasteiger partial charge in [0.05, 0.1) is 10.3 Å². The third-order valence-corrected chi connectivity index (χ3v) is 1.44. The summed E-state index contributed by atoms with van der Waals surface area (Å²) >= 11 is 0. The molecule has 0 aromatic rings. The number of ketones is 1. The van der Waals surface area contributed by atoms with E-state index in [4.69, 9.17) is 10.6 Å². The Labute approximate surface area is 75.2 Å². The average Bonchev–Trinajstić information content (AvgIpc) is 1.99. The van der Waals surface area contributed by atoms with E-state index >= 15 is 0 Å². The van der Waals surface area contributed by atoms with Crippen LogP contribution in [0.3, 0.4) is 0 Å². The summed E-state index contributed by atoms with van der Waals surface area (Å²) < 4.78 is 0. The molecule has 0 aliphatic rings. The standard InChI is InChI=1S/C7H11N3O3/c1-4(2)6(10-7(12)13)5(11)3-9-8/h3-4,6,8,10H,1-2H3/p+1/t6-/m1/s1. The Morgan fingerprint density at radius 2 is 2.08 bits per heavy atom. The molecule has 0 bridgehead atoms. The van der Waals surface area contributed by atoms with E-state index in [1.807, 2.05) is 0 Å². The number of hydrogen-bond donors (Lipinski definition) is 3. The first-order chi connectivity index (χ1) is 5.99. The molecule has 0 radical (unpaired) electrons. The van der Waals surface area contributed by atoms with Gasteiger partial charge in [-0.05, 0) is 5.92 Å². The normalized spacial score (nSPS) is 11.6. The summed E-state index contributed by atoms with van der Waals surface area (Å²) in [5.41, 5.74) is 6.42. The molecule has 72 valence electrons. The van der Waals surface area contributed by atoms with Gasteiger partial charge in [0.2, 0.25) is 0 Å². The zero-order valence-electron chi connectivity index (χ0n) is 7.44. The number of hydrogen-bond acceptors (Lipinski definition) is 3. The van der Waals surface area contributed by atoms with E-state index in [0.717, 1.165) is 6.21 Å². The topological polar surface area (TPSA) is 104 Å². The van der Waals surface area contributed by atoms with E-state index < -0.39 is 17.9 Å². The SMILES string of the molecule is CC(C)[C@@H](NC(=O)O)C(=O)C=[N+]=N. The Kier molecular flexibility index (Phi) is 4.40. The molecule has 6 nitrogen and oxygen atoms in total. The van der Waals surface area contributed by atoms with Crippen molar-refractivity contribution in [1.29, 1.82) is 5.53 Å². The van der Waals surface area contributed by atoms with Gasteiger partial charge in [-0.25, -0.2) is 4.79 Å². The van der Waals surface area contributed by atoms with Crippen LogP contribution in [0.4, 0.5) is 4.79 Å². The van der Waals surface area contributed by atoms with Crippen LogP contribution in [-0.4, -0.2) is 34.0 Å². The number of carbonyl (C=O) groups excluding carboxylic acids is 1.